The Morgan fingerprint density at radius 2 is 1.86 bits per heavy atom. The Bertz CT molecular complexity index is 1090. The molecular formula is C22H18ClN3O2S. The van der Waals surface area contributed by atoms with E-state index in [9.17, 15) is 4.79 Å². The fraction of sp³-hybridized carbons (Fsp3) is 0.136. The molecule has 0 saturated carbocycles. The number of aliphatic imine (C=N–C) groups is 1. The normalized spacial score (nSPS) is 18.3. The predicted molar refractivity (Wildman–Crippen MR) is 120 cm³/mol. The van der Waals surface area contributed by atoms with Gasteiger partial charge in [0.25, 0.3) is 0 Å². The van der Waals surface area contributed by atoms with Crippen LogP contribution < -0.4 is 4.90 Å². The molecule has 1 aliphatic rings. The van der Waals surface area contributed by atoms with E-state index in [1.807, 2.05) is 74.5 Å². The van der Waals surface area contributed by atoms with Crippen molar-refractivity contribution >= 4 is 58.0 Å². The zero-order valence-electron chi connectivity index (χ0n) is 15.9. The lowest BCUT2D eigenvalue weighted by molar-refractivity contribution is -0.116. The number of halogens is 1. The van der Waals surface area contributed by atoms with Gasteiger partial charge >= 0.3 is 0 Å². The Labute approximate surface area is 178 Å². The van der Waals surface area contributed by atoms with E-state index < -0.39 is 0 Å². The molecule has 0 aliphatic carbocycles. The summed E-state index contributed by atoms with van der Waals surface area (Å²) in [6.45, 7) is 3.69. The van der Waals surface area contributed by atoms with Crippen molar-refractivity contribution in [2.45, 2.75) is 19.1 Å². The maximum absolute atomic E-state index is 12.9. The molecule has 3 aromatic rings. The Morgan fingerprint density at radius 3 is 2.59 bits per heavy atom. The molecule has 5 nitrogen and oxygen atoms in total. The minimum Gasteiger partial charge on any atom is -0.354 e. The van der Waals surface area contributed by atoms with E-state index >= 15 is 0 Å². The molecule has 0 spiro atoms. The van der Waals surface area contributed by atoms with Crippen molar-refractivity contribution in [1.29, 1.82) is 0 Å². The summed E-state index contributed by atoms with van der Waals surface area (Å²) in [5.41, 5.74) is 2.99. The first-order valence-electron chi connectivity index (χ1n) is 9.07. The van der Waals surface area contributed by atoms with E-state index in [2.05, 4.69) is 10.1 Å². The fourth-order valence-electron chi connectivity index (χ4n) is 2.94. The number of rotatable bonds is 4. The number of anilines is 1. The topological polar surface area (TPSA) is 58.7 Å². The molecule has 29 heavy (non-hydrogen) atoms. The summed E-state index contributed by atoms with van der Waals surface area (Å²) >= 11 is 7.37. The van der Waals surface area contributed by atoms with Crippen LogP contribution in [0.1, 0.15) is 23.9 Å². The number of amidine groups is 1. The lowest BCUT2D eigenvalue weighted by Gasteiger charge is -2.15. The second-order valence-electron chi connectivity index (χ2n) is 6.53. The molecule has 4 rings (SSSR count). The van der Waals surface area contributed by atoms with Crippen LogP contribution in [0.3, 0.4) is 0 Å². The molecule has 1 aliphatic heterocycles. The number of nitrogens with zero attached hydrogens (tertiary/aromatic N) is 3. The molecular weight excluding hydrogens is 406 g/mol. The van der Waals surface area contributed by atoms with Gasteiger partial charge in [-0.3, -0.25) is 9.69 Å². The molecule has 1 saturated heterocycles. The van der Waals surface area contributed by atoms with Crippen molar-refractivity contribution in [1.82, 2.24) is 5.16 Å². The molecule has 2 heterocycles. The van der Waals surface area contributed by atoms with Gasteiger partial charge in [0.1, 0.15) is 11.4 Å². The fourth-order valence-corrected chi connectivity index (χ4v) is 4.04. The Hall–Kier alpha value is -2.83. The van der Waals surface area contributed by atoms with Gasteiger partial charge in [-0.15, -0.1) is 0 Å². The molecule has 1 atom stereocenters. The van der Waals surface area contributed by atoms with E-state index in [1.54, 1.807) is 11.0 Å². The van der Waals surface area contributed by atoms with Crippen LogP contribution in [0.25, 0.3) is 12.2 Å². The first-order valence-corrected chi connectivity index (χ1v) is 10.3. The van der Waals surface area contributed by atoms with Gasteiger partial charge in [-0.2, -0.15) is 0 Å². The first kappa shape index (κ1) is 19.5. The summed E-state index contributed by atoms with van der Waals surface area (Å²) in [5, 5.41) is 5.13. The molecule has 0 radical (unpaired) electrons. The van der Waals surface area contributed by atoms with Crippen molar-refractivity contribution in [3.05, 3.63) is 76.6 Å². The van der Waals surface area contributed by atoms with Crippen LogP contribution in [0.2, 0.25) is 5.02 Å². The average molecular weight is 424 g/mol. The van der Waals surface area contributed by atoms with Crippen LogP contribution in [0.15, 0.2) is 64.1 Å². The monoisotopic (exact) mass is 423 g/mol. The number of carbonyl (C=O) groups is 1. The molecule has 2 aromatic carbocycles. The van der Waals surface area contributed by atoms with Crippen LogP contribution in [-0.4, -0.2) is 21.5 Å². The van der Waals surface area contributed by atoms with Crippen LogP contribution in [0.5, 0.6) is 0 Å². The summed E-state index contributed by atoms with van der Waals surface area (Å²) in [6, 6.07) is 17.0. The Kier molecular flexibility index (Phi) is 5.56. The van der Waals surface area contributed by atoms with E-state index in [0.717, 1.165) is 11.3 Å². The molecule has 1 fully saturated rings. The Balaban J connectivity index is 1.72. The second kappa shape index (κ2) is 8.27. The van der Waals surface area contributed by atoms with Crippen LogP contribution in [0.4, 0.5) is 11.4 Å². The quantitative estimate of drug-likeness (QED) is 0.519. The van der Waals surface area contributed by atoms with Gasteiger partial charge in [-0.25, -0.2) is 4.99 Å². The van der Waals surface area contributed by atoms with Crippen molar-refractivity contribution in [2.75, 3.05) is 4.90 Å². The van der Waals surface area contributed by atoms with Gasteiger partial charge < -0.3 is 4.52 Å². The first-order chi connectivity index (χ1) is 14.0. The third kappa shape index (κ3) is 4.13. The van der Waals surface area contributed by atoms with Crippen molar-refractivity contribution < 1.29 is 9.32 Å². The highest BCUT2D eigenvalue weighted by Gasteiger charge is 2.39. The highest BCUT2D eigenvalue weighted by Crippen LogP contribution is 2.37. The Morgan fingerprint density at radius 1 is 1.14 bits per heavy atom. The maximum atomic E-state index is 12.9. The molecule has 0 N–H and O–H groups in total. The van der Waals surface area contributed by atoms with Gasteiger partial charge in [-0.1, -0.05) is 64.9 Å². The number of para-hydroxylation sites is 1. The number of amides is 1. The zero-order valence-corrected chi connectivity index (χ0v) is 17.4. The van der Waals surface area contributed by atoms with E-state index in [4.69, 9.17) is 16.1 Å². The molecule has 1 amide bonds. The third-order valence-electron chi connectivity index (χ3n) is 4.40. The van der Waals surface area contributed by atoms with Crippen molar-refractivity contribution in [3.63, 3.8) is 0 Å². The summed E-state index contributed by atoms with van der Waals surface area (Å²) in [7, 11) is 0. The lowest BCUT2D eigenvalue weighted by Crippen LogP contribution is -2.32. The number of carbonyl (C=O) groups excluding carboxylic acids is 1. The highest BCUT2D eigenvalue weighted by atomic mass is 35.5. The summed E-state index contributed by atoms with van der Waals surface area (Å²) < 4.78 is 5.51. The minimum absolute atomic E-state index is 0.0443. The molecule has 7 heteroatoms. The second-order valence-corrected chi connectivity index (χ2v) is 8.27. The molecule has 0 bridgehead atoms. The predicted octanol–water partition coefficient (Wildman–Crippen LogP) is 5.96. The lowest BCUT2D eigenvalue weighted by atomic mass is 10.2. The summed E-state index contributed by atoms with van der Waals surface area (Å²) in [6.07, 6.45) is 3.70. The maximum Gasteiger partial charge on any atom is 0.246 e. The summed E-state index contributed by atoms with van der Waals surface area (Å²) in [5.74, 6) is 0.457. The number of hydrogen-bond donors (Lipinski definition) is 0. The third-order valence-corrected chi connectivity index (χ3v) is 5.69. The largest absolute Gasteiger partial charge is 0.354 e. The van der Waals surface area contributed by atoms with Gasteiger partial charge in [-0.05, 0) is 49.8 Å². The smallest absolute Gasteiger partial charge is 0.246 e. The van der Waals surface area contributed by atoms with E-state index in [1.165, 1.54) is 11.8 Å². The number of aromatic nitrogens is 1. The number of benzene rings is 2. The van der Waals surface area contributed by atoms with E-state index in [0.29, 0.717) is 27.3 Å². The van der Waals surface area contributed by atoms with Crippen LogP contribution in [0, 0.1) is 6.92 Å². The van der Waals surface area contributed by atoms with Gasteiger partial charge in [0.15, 0.2) is 10.9 Å². The SMILES string of the molecule is Cc1noc(/C=C/c2ccc(Cl)cc2)c1N1C(=O)C(C)SC1=Nc1ccccc1. The molecule has 146 valence electrons. The van der Waals surface area contributed by atoms with Gasteiger partial charge in [0.05, 0.1) is 10.9 Å². The highest BCUT2D eigenvalue weighted by molar-refractivity contribution is 8.16. The van der Waals surface area contributed by atoms with Gasteiger partial charge in [0.2, 0.25) is 5.91 Å². The van der Waals surface area contributed by atoms with Crippen molar-refractivity contribution in [2.24, 2.45) is 4.99 Å². The number of aryl methyl sites for hydroxylation is 1. The number of thioether (sulfide) groups is 1. The zero-order chi connectivity index (χ0) is 20.4. The van der Waals surface area contributed by atoms with Crippen LogP contribution >= 0.6 is 23.4 Å². The number of hydrogen-bond acceptors (Lipinski definition) is 5. The van der Waals surface area contributed by atoms with Crippen LogP contribution in [-0.2, 0) is 4.79 Å². The van der Waals surface area contributed by atoms with E-state index in [-0.39, 0.29) is 11.2 Å². The molecule has 1 aromatic heterocycles. The molecule has 1 unspecified atom stereocenters. The summed E-state index contributed by atoms with van der Waals surface area (Å²) in [4.78, 5) is 19.2. The standard InChI is InChI=1S/C22H18ClN3O2S/c1-14-20(19(28-25-14)13-10-16-8-11-17(23)12-9-16)26-21(27)15(2)29-22(26)24-18-6-4-3-5-7-18/h3-13,15H,1-2H3/b13-10+,24-22?. The average Bonchev–Trinajstić information content (AvgIpc) is 3.21. The minimum atomic E-state index is -0.236. The van der Waals surface area contributed by atoms with Gasteiger partial charge in [0, 0.05) is 5.02 Å². The van der Waals surface area contributed by atoms with Crippen molar-refractivity contribution in [3.8, 4) is 0 Å².